The lowest BCUT2D eigenvalue weighted by Gasteiger charge is -2.20. The molecule has 106 valence electrons. The molecule has 2 rings (SSSR count). The molecule has 0 saturated heterocycles. The molecule has 0 unspecified atom stereocenters. The van der Waals surface area contributed by atoms with Gasteiger partial charge in [-0.2, -0.15) is 0 Å². The molecule has 0 aliphatic heterocycles. The monoisotopic (exact) mass is 272 g/mol. The molecule has 3 heteroatoms. The van der Waals surface area contributed by atoms with E-state index in [-0.39, 0.29) is 12.4 Å². The smallest absolute Gasteiger partial charge is 0.132 e. The Balaban J connectivity index is 2.16. The molecule has 0 radical (unpaired) electrons. The summed E-state index contributed by atoms with van der Waals surface area (Å²) >= 11 is 0. The van der Waals surface area contributed by atoms with Crippen LogP contribution in [0, 0.1) is 5.82 Å². The summed E-state index contributed by atoms with van der Waals surface area (Å²) in [5.41, 5.74) is 9.17. The van der Waals surface area contributed by atoms with Crippen LogP contribution in [0.1, 0.15) is 23.6 Å². The predicted octanol–water partition coefficient (Wildman–Crippen LogP) is 3.48. The van der Waals surface area contributed by atoms with Crippen molar-refractivity contribution in [2.75, 3.05) is 11.9 Å². The topological polar surface area (TPSA) is 29.3 Å². The van der Waals surface area contributed by atoms with Crippen molar-refractivity contribution in [3.63, 3.8) is 0 Å². The molecule has 2 N–H and O–H groups in total. The minimum Gasteiger partial charge on any atom is -0.370 e. The Morgan fingerprint density at radius 1 is 1.05 bits per heavy atom. The maximum absolute atomic E-state index is 14.2. The number of benzene rings is 2. The zero-order valence-corrected chi connectivity index (χ0v) is 12.1. The third-order valence-corrected chi connectivity index (χ3v) is 3.57. The molecule has 0 aromatic heterocycles. The first-order valence-electron chi connectivity index (χ1n) is 6.92. The van der Waals surface area contributed by atoms with Gasteiger partial charge in [-0.25, -0.2) is 4.39 Å². The molecule has 0 saturated carbocycles. The average Bonchev–Trinajstić information content (AvgIpc) is 2.49. The zero-order valence-electron chi connectivity index (χ0n) is 12.1. The number of aryl methyl sites for hydroxylation is 1. The van der Waals surface area contributed by atoms with Crippen LogP contribution in [-0.4, -0.2) is 7.05 Å². The van der Waals surface area contributed by atoms with Crippen LogP contribution in [0.2, 0.25) is 0 Å². The first-order chi connectivity index (χ1) is 9.65. The van der Waals surface area contributed by atoms with Crippen LogP contribution in [0.3, 0.4) is 0 Å². The quantitative estimate of drug-likeness (QED) is 0.903. The van der Waals surface area contributed by atoms with Gasteiger partial charge in [-0.05, 0) is 24.1 Å². The van der Waals surface area contributed by atoms with E-state index in [2.05, 4.69) is 31.2 Å². The summed E-state index contributed by atoms with van der Waals surface area (Å²) in [6.07, 6.45) is 1.02. The normalized spacial score (nSPS) is 10.6. The van der Waals surface area contributed by atoms with Gasteiger partial charge < -0.3 is 10.6 Å². The maximum Gasteiger partial charge on any atom is 0.132 e. The van der Waals surface area contributed by atoms with Crippen LogP contribution in [-0.2, 0) is 19.5 Å². The highest BCUT2D eigenvalue weighted by molar-refractivity contribution is 5.47. The number of nitrogens with zero attached hydrogens (tertiary/aromatic N) is 1. The molecule has 0 fully saturated rings. The summed E-state index contributed by atoms with van der Waals surface area (Å²) in [7, 11) is 1.97. The van der Waals surface area contributed by atoms with Gasteiger partial charge in [0.15, 0.2) is 0 Å². The van der Waals surface area contributed by atoms with Crippen LogP contribution in [0.15, 0.2) is 42.5 Å². The van der Waals surface area contributed by atoms with Crippen molar-refractivity contribution in [1.82, 2.24) is 0 Å². The Hall–Kier alpha value is -1.87. The fraction of sp³-hybridized carbons (Fsp3) is 0.294. The van der Waals surface area contributed by atoms with E-state index >= 15 is 0 Å². The van der Waals surface area contributed by atoms with Crippen molar-refractivity contribution in [2.24, 2.45) is 5.73 Å². The fourth-order valence-corrected chi connectivity index (χ4v) is 2.25. The summed E-state index contributed by atoms with van der Waals surface area (Å²) in [6, 6.07) is 13.8. The van der Waals surface area contributed by atoms with Crippen LogP contribution >= 0.6 is 0 Å². The summed E-state index contributed by atoms with van der Waals surface area (Å²) in [6.45, 7) is 2.89. The standard InChI is InChI=1S/C17H21FN2/c1-3-13-7-9-16(10-8-13)20(2)12-15-6-4-5-14(11-19)17(15)18/h4-10H,3,11-12,19H2,1-2H3. The molecule has 0 aliphatic rings. The van der Waals surface area contributed by atoms with Gasteiger partial charge >= 0.3 is 0 Å². The molecule has 2 nitrogen and oxygen atoms in total. The molecule has 20 heavy (non-hydrogen) atoms. The second-order valence-electron chi connectivity index (χ2n) is 4.97. The van der Waals surface area contributed by atoms with Gasteiger partial charge in [0.25, 0.3) is 0 Å². The Morgan fingerprint density at radius 2 is 1.70 bits per heavy atom. The second kappa shape index (κ2) is 6.53. The van der Waals surface area contributed by atoms with E-state index in [0.29, 0.717) is 17.7 Å². The van der Waals surface area contributed by atoms with Gasteiger partial charge in [0.2, 0.25) is 0 Å². The molecule has 0 bridgehead atoms. The lowest BCUT2D eigenvalue weighted by Crippen LogP contribution is -2.18. The van der Waals surface area contributed by atoms with Gasteiger partial charge in [-0.15, -0.1) is 0 Å². The Bertz CT molecular complexity index is 564. The molecule has 2 aromatic rings. The van der Waals surface area contributed by atoms with Crippen molar-refractivity contribution in [1.29, 1.82) is 0 Å². The number of nitrogens with two attached hydrogens (primary N) is 1. The van der Waals surface area contributed by atoms with Crippen molar-refractivity contribution in [3.8, 4) is 0 Å². The van der Waals surface area contributed by atoms with Crippen LogP contribution in [0.5, 0.6) is 0 Å². The van der Waals surface area contributed by atoms with Gasteiger partial charge in [-0.1, -0.05) is 37.3 Å². The van der Waals surface area contributed by atoms with E-state index in [4.69, 9.17) is 5.73 Å². The maximum atomic E-state index is 14.2. The van der Waals surface area contributed by atoms with Gasteiger partial charge in [-0.3, -0.25) is 0 Å². The number of rotatable bonds is 5. The Labute approximate surface area is 120 Å². The fourth-order valence-electron chi connectivity index (χ4n) is 2.25. The second-order valence-corrected chi connectivity index (χ2v) is 4.97. The van der Waals surface area contributed by atoms with Crippen LogP contribution < -0.4 is 10.6 Å². The summed E-state index contributed by atoms with van der Waals surface area (Å²) in [5.74, 6) is -0.188. The minimum atomic E-state index is -0.188. The number of anilines is 1. The number of hydrogen-bond donors (Lipinski definition) is 1. The minimum absolute atomic E-state index is 0.188. The molecular weight excluding hydrogens is 251 g/mol. The largest absolute Gasteiger partial charge is 0.370 e. The summed E-state index contributed by atoms with van der Waals surface area (Å²) in [5, 5.41) is 0. The first kappa shape index (κ1) is 14.5. The van der Waals surface area contributed by atoms with Crippen LogP contribution in [0.25, 0.3) is 0 Å². The molecule has 0 amide bonds. The van der Waals surface area contributed by atoms with Gasteiger partial charge in [0.05, 0.1) is 0 Å². The van der Waals surface area contributed by atoms with Crippen molar-refractivity contribution >= 4 is 5.69 Å². The number of hydrogen-bond acceptors (Lipinski definition) is 2. The highest BCUT2D eigenvalue weighted by Gasteiger charge is 2.09. The van der Waals surface area contributed by atoms with E-state index in [1.54, 1.807) is 6.07 Å². The SMILES string of the molecule is CCc1ccc(N(C)Cc2cccc(CN)c2F)cc1. The third kappa shape index (κ3) is 3.17. The highest BCUT2D eigenvalue weighted by atomic mass is 19.1. The molecule has 2 aromatic carbocycles. The van der Waals surface area contributed by atoms with Crippen molar-refractivity contribution < 1.29 is 4.39 Å². The summed E-state index contributed by atoms with van der Waals surface area (Å²) in [4.78, 5) is 2.04. The predicted molar refractivity (Wildman–Crippen MR) is 82.2 cm³/mol. The van der Waals surface area contributed by atoms with Gasteiger partial charge in [0.1, 0.15) is 5.82 Å². The average molecular weight is 272 g/mol. The summed E-state index contributed by atoms with van der Waals surface area (Å²) < 4.78 is 14.2. The third-order valence-electron chi connectivity index (χ3n) is 3.57. The van der Waals surface area contributed by atoms with Gasteiger partial charge in [0, 0.05) is 37.0 Å². The highest BCUT2D eigenvalue weighted by Crippen LogP contribution is 2.19. The lowest BCUT2D eigenvalue weighted by molar-refractivity contribution is 0.591. The molecule has 0 heterocycles. The first-order valence-corrected chi connectivity index (χ1v) is 6.92. The van der Waals surface area contributed by atoms with E-state index in [1.807, 2.05) is 24.1 Å². The molecular formula is C17H21FN2. The molecule has 0 atom stereocenters. The van der Waals surface area contributed by atoms with Crippen molar-refractivity contribution in [3.05, 3.63) is 65.0 Å². The van der Waals surface area contributed by atoms with E-state index in [9.17, 15) is 4.39 Å². The van der Waals surface area contributed by atoms with E-state index in [1.165, 1.54) is 5.56 Å². The molecule has 0 spiro atoms. The van der Waals surface area contributed by atoms with Crippen LogP contribution in [0.4, 0.5) is 10.1 Å². The van der Waals surface area contributed by atoms with Crippen molar-refractivity contribution in [2.45, 2.75) is 26.4 Å². The molecule has 0 aliphatic carbocycles. The zero-order chi connectivity index (χ0) is 14.5. The Morgan fingerprint density at radius 3 is 2.30 bits per heavy atom. The van der Waals surface area contributed by atoms with E-state index in [0.717, 1.165) is 12.1 Å². The Kier molecular flexibility index (Phi) is 4.74. The lowest BCUT2D eigenvalue weighted by atomic mass is 10.1. The number of halogens is 1. The van der Waals surface area contributed by atoms with E-state index < -0.39 is 0 Å².